The van der Waals surface area contributed by atoms with Gasteiger partial charge in [0.25, 0.3) is 5.91 Å². The Balaban J connectivity index is 1.45. The van der Waals surface area contributed by atoms with Crippen LogP contribution in [0.4, 0.5) is 20.6 Å². The molecule has 3 aromatic rings. The molecule has 0 radical (unpaired) electrons. The minimum Gasteiger partial charge on any atom is -0.495 e. The number of halogens is 1. The van der Waals surface area contributed by atoms with Crippen molar-refractivity contribution in [2.75, 3.05) is 24.3 Å². The molecule has 1 atom stereocenters. The van der Waals surface area contributed by atoms with Gasteiger partial charge in [-0.1, -0.05) is 23.5 Å². The molecule has 160 valence electrons. The number of likely N-dealkylation sites (tertiary alicyclic amines) is 1. The molecule has 0 unspecified atom stereocenters. The standard InChI is InChI=1S/C21H20FN5O3S/c1-30-17-7-3-2-5-15(17)24-21(29)27-12-4-6-16(27)19-25-26-20(31-19)18(28)23-14-10-8-13(22)9-11-14/h2-3,5,7-11,16H,4,6,12H2,1H3,(H,23,28)(H,24,29)/t16-/m1/s1. The number of hydrogen-bond donors (Lipinski definition) is 2. The first-order chi connectivity index (χ1) is 15.0. The topological polar surface area (TPSA) is 96.4 Å². The number of nitrogens with one attached hydrogen (secondary N) is 2. The van der Waals surface area contributed by atoms with Crippen molar-refractivity contribution >= 4 is 34.6 Å². The molecule has 2 N–H and O–H groups in total. The lowest BCUT2D eigenvalue weighted by Crippen LogP contribution is -2.34. The number of amides is 3. The molecule has 8 nitrogen and oxygen atoms in total. The van der Waals surface area contributed by atoms with E-state index in [-0.39, 0.29) is 22.9 Å². The van der Waals surface area contributed by atoms with E-state index in [1.54, 1.807) is 24.1 Å². The number of ether oxygens (including phenoxy) is 1. The van der Waals surface area contributed by atoms with Crippen molar-refractivity contribution in [1.82, 2.24) is 15.1 Å². The molecule has 1 aromatic heterocycles. The highest BCUT2D eigenvalue weighted by Crippen LogP contribution is 2.35. The second kappa shape index (κ2) is 9.09. The highest BCUT2D eigenvalue weighted by molar-refractivity contribution is 7.13. The molecule has 10 heteroatoms. The number of carbonyl (C=O) groups is 2. The van der Waals surface area contributed by atoms with Crippen LogP contribution < -0.4 is 15.4 Å². The van der Waals surface area contributed by atoms with Crippen LogP contribution >= 0.6 is 11.3 Å². The van der Waals surface area contributed by atoms with Crippen LogP contribution in [0, 0.1) is 5.82 Å². The number of anilines is 2. The van der Waals surface area contributed by atoms with Crippen molar-refractivity contribution in [3.8, 4) is 5.75 Å². The summed E-state index contributed by atoms with van der Waals surface area (Å²) in [5.74, 6) is -0.246. The van der Waals surface area contributed by atoms with Gasteiger partial charge in [0.2, 0.25) is 5.01 Å². The van der Waals surface area contributed by atoms with Crippen LogP contribution in [0.5, 0.6) is 5.75 Å². The Bertz CT molecular complexity index is 1090. The van der Waals surface area contributed by atoms with Crippen LogP contribution in [0.3, 0.4) is 0 Å². The van der Waals surface area contributed by atoms with Gasteiger partial charge in [-0.3, -0.25) is 4.79 Å². The Morgan fingerprint density at radius 2 is 1.90 bits per heavy atom. The van der Waals surface area contributed by atoms with E-state index in [0.29, 0.717) is 28.7 Å². The van der Waals surface area contributed by atoms with E-state index in [1.807, 2.05) is 12.1 Å². The first-order valence-electron chi connectivity index (χ1n) is 9.66. The smallest absolute Gasteiger partial charge is 0.322 e. The van der Waals surface area contributed by atoms with E-state index in [1.165, 1.54) is 24.3 Å². The number of urea groups is 1. The molecule has 1 fully saturated rings. The fraction of sp³-hybridized carbons (Fsp3) is 0.238. The van der Waals surface area contributed by atoms with E-state index in [9.17, 15) is 14.0 Å². The maximum atomic E-state index is 13.0. The summed E-state index contributed by atoms with van der Waals surface area (Å²) in [5.41, 5.74) is 1.04. The van der Waals surface area contributed by atoms with Crippen molar-refractivity contribution in [2.45, 2.75) is 18.9 Å². The van der Waals surface area contributed by atoms with Crippen molar-refractivity contribution in [3.63, 3.8) is 0 Å². The van der Waals surface area contributed by atoms with E-state index >= 15 is 0 Å². The Hall–Kier alpha value is -3.53. The summed E-state index contributed by atoms with van der Waals surface area (Å²) in [7, 11) is 1.55. The largest absolute Gasteiger partial charge is 0.495 e. The average Bonchev–Trinajstić information content (AvgIpc) is 3.45. The average molecular weight is 441 g/mol. The molecular formula is C21H20FN5O3S. The lowest BCUT2D eigenvalue weighted by atomic mass is 10.2. The maximum absolute atomic E-state index is 13.0. The molecule has 1 aliphatic heterocycles. The molecule has 0 saturated carbocycles. The van der Waals surface area contributed by atoms with Crippen LogP contribution in [0.25, 0.3) is 0 Å². The molecule has 0 aliphatic carbocycles. The molecule has 4 rings (SSSR count). The Morgan fingerprint density at radius 1 is 1.13 bits per heavy atom. The van der Waals surface area contributed by atoms with Gasteiger partial charge in [-0.2, -0.15) is 0 Å². The van der Waals surface area contributed by atoms with Crippen molar-refractivity contribution in [3.05, 3.63) is 64.4 Å². The minimum absolute atomic E-state index is 0.177. The van der Waals surface area contributed by atoms with Gasteiger partial charge in [-0.05, 0) is 49.2 Å². The fourth-order valence-corrected chi connectivity index (χ4v) is 4.27. The van der Waals surface area contributed by atoms with Gasteiger partial charge >= 0.3 is 6.03 Å². The highest BCUT2D eigenvalue weighted by Gasteiger charge is 2.33. The number of benzene rings is 2. The second-order valence-electron chi connectivity index (χ2n) is 6.89. The SMILES string of the molecule is COc1ccccc1NC(=O)N1CCC[C@@H]1c1nnc(C(=O)Nc2ccc(F)cc2)s1. The Kier molecular flexibility index (Phi) is 6.08. The number of nitrogens with zero attached hydrogens (tertiary/aromatic N) is 3. The van der Waals surface area contributed by atoms with Gasteiger partial charge in [0.05, 0.1) is 18.8 Å². The first-order valence-corrected chi connectivity index (χ1v) is 10.5. The lowest BCUT2D eigenvalue weighted by Gasteiger charge is -2.23. The van der Waals surface area contributed by atoms with E-state index in [2.05, 4.69) is 20.8 Å². The van der Waals surface area contributed by atoms with Crippen molar-refractivity contribution < 1.29 is 18.7 Å². The van der Waals surface area contributed by atoms with Gasteiger partial charge in [-0.15, -0.1) is 10.2 Å². The zero-order valence-electron chi connectivity index (χ0n) is 16.7. The molecule has 1 aliphatic rings. The van der Waals surface area contributed by atoms with Crippen molar-refractivity contribution in [2.24, 2.45) is 0 Å². The Morgan fingerprint density at radius 3 is 2.68 bits per heavy atom. The van der Waals surface area contributed by atoms with Crippen molar-refractivity contribution in [1.29, 1.82) is 0 Å². The zero-order valence-corrected chi connectivity index (χ0v) is 17.5. The summed E-state index contributed by atoms with van der Waals surface area (Å²) in [6.07, 6.45) is 1.55. The summed E-state index contributed by atoms with van der Waals surface area (Å²) in [6, 6.07) is 12.1. The van der Waals surface area contributed by atoms with Crippen LogP contribution in [-0.4, -0.2) is 40.7 Å². The number of aromatic nitrogens is 2. The third-order valence-corrected chi connectivity index (χ3v) is 5.91. The second-order valence-corrected chi connectivity index (χ2v) is 7.90. The third-order valence-electron chi connectivity index (χ3n) is 4.88. The van der Waals surface area contributed by atoms with Crippen LogP contribution in [-0.2, 0) is 0 Å². The minimum atomic E-state index is -0.432. The molecule has 3 amide bonds. The summed E-state index contributed by atoms with van der Waals surface area (Å²) >= 11 is 1.14. The normalized spacial score (nSPS) is 15.5. The zero-order chi connectivity index (χ0) is 21.8. The molecule has 0 bridgehead atoms. The lowest BCUT2D eigenvalue weighted by molar-refractivity contribution is 0.102. The quantitative estimate of drug-likeness (QED) is 0.615. The van der Waals surface area contributed by atoms with Crippen LogP contribution in [0.15, 0.2) is 48.5 Å². The predicted octanol–water partition coefficient (Wildman–Crippen LogP) is 4.31. The molecule has 2 aromatic carbocycles. The predicted molar refractivity (Wildman–Crippen MR) is 115 cm³/mol. The molecule has 1 saturated heterocycles. The number of methoxy groups -OCH3 is 1. The number of hydrogen-bond acceptors (Lipinski definition) is 6. The highest BCUT2D eigenvalue weighted by atomic mass is 32.1. The summed E-state index contributed by atoms with van der Waals surface area (Å²) < 4.78 is 18.3. The van der Waals surface area contributed by atoms with Gasteiger partial charge in [0, 0.05) is 12.2 Å². The Labute approximate surface area is 182 Å². The van der Waals surface area contributed by atoms with E-state index in [0.717, 1.165) is 24.2 Å². The van der Waals surface area contributed by atoms with Gasteiger partial charge in [-0.25, -0.2) is 9.18 Å². The van der Waals surface area contributed by atoms with Crippen LogP contribution in [0.1, 0.15) is 33.7 Å². The van der Waals surface area contributed by atoms with E-state index in [4.69, 9.17) is 4.74 Å². The van der Waals surface area contributed by atoms with E-state index < -0.39 is 5.91 Å². The first kappa shape index (κ1) is 20.7. The van der Waals surface area contributed by atoms with Crippen LogP contribution in [0.2, 0.25) is 0 Å². The summed E-state index contributed by atoms with van der Waals surface area (Å²) in [5, 5.41) is 14.4. The monoisotopic (exact) mass is 441 g/mol. The molecule has 2 heterocycles. The van der Waals surface area contributed by atoms with Gasteiger partial charge in [0.15, 0.2) is 0 Å². The molecule has 31 heavy (non-hydrogen) atoms. The third kappa shape index (κ3) is 4.64. The molecule has 0 spiro atoms. The number of para-hydroxylation sites is 2. The van der Waals surface area contributed by atoms with Gasteiger partial charge < -0.3 is 20.3 Å². The molecular weight excluding hydrogens is 421 g/mol. The fourth-order valence-electron chi connectivity index (χ4n) is 3.38. The number of rotatable bonds is 5. The summed E-state index contributed by atoms with van der Waals surface area (Å²) in [4.78, 5) is 27.0. The van der Waals surface area contributed by atoms with Gasteiger partial charge in [0.1, 0.15) is 16.6 Å². The number of carbonyl (C=O) groups excluding carboxylic acids is 2. The maximum Gasteiger partial charge on any atom is 0.322 e. The summed E-state index contributed by atoms with van der Waals surface area (Å²) in [6.45, 7) is 0.572.